The Kier molecular flexibility index (Phi) is 4.80. The van der Waals surface area contributed by atoms with Crippen molar-refractivity contribution in [2.45, 2.75) is 0 Å². The molecule has 0 aliphatic heterocycles. The van der Waals surface area contributed by atoms with Crippen molar-refractivity contribution in [3.05, 3.63) is 122 Å². The van der Waals surface area contributed by atoms with Gasteiger partial charge in [-0.15, -0.1) is 0 Å². The number of furan rings is 2. The van der Waals surface area contributed by atoms with E-state index in [0.29, 0.717) is 17.5 Å². The predicted octanol–water partition coefficient (Wildman–Crippen LogP) is 9.22. The smallest absolute Gasteiger partial charge is 0.164 e. The highest BCUT2D eigenvalue weighted by atomic mass is 16.3. The molecule has 0 radical (unpaired) electrons. The van der Waals surface area contributed by atoms with Crippen LogP contribution in [-0.4, -0.2) is 19.9 Å². The molecule has 6 heteroatoms. The highest BCUT2D eigenvalue weighted by molar-refractivity contribution is 6.15. The fourth-order valence-electron chi connectivity index (χ4n) is 5.80. The van der Waals surface area contributed by atoms with Gasteiger partial charge in [-0.3, -0.25) is 4.98 Å². The van der Waals surface area contributed by atoms with Gasteiger partial charge in [0.05, 0.1) is 0 Å². The van der Waals surface area contributed by atoms with Crippen molar-refractivity contribution in [3.63, 3.8) is 0 Å². The van der Waals surface area contributed by atoms with Crippen molar-refractivity contribution >= 4 is 54.6 Å². The summed E-state index contributed by atoms with van der Waals surface area (Å²) >= 11 is 0. The van der Waals surface area contributed by atoms with Crippen LogP contribution in [-0.2, 0) is 0 Å². The van der Waals surface area contributed by atoms with Crippen LogP contribution in [0.3, 0.4) is 0 Å². The van der Waals surface area contributed by atoms with Crippen LogP contribution in [0.1, 0.15) is 0 Å². The molecule has 9 aromatic rings. The monoisotopic (exact) mass is 540 g/mol. The predicted molar refractivity (Wildman–Crippen MR) is 166 cm³/mol. The number of aromatic nitrogens is 4. The molecule has 196 valence electrons. The third-order valence-corrected chi connectivity index (χ3v) is 7.80. The Hall–Kier alpha value is -5.88. The summed E-state index contributed by atoms with van der Waals surface area (Å²) in [6.07, 6.45) is 3.66. The summed E-state index contributed by atoms with van der Waals surface area (Å²) in [4.78, 5) is 19.2. The zero-order valence-corrected chi connectivity index (χ0v) is 22.2. The Morgan fingerprint density at radius 2 is 1.19 bits per heavy atom. The molecule has 0 aliphatic carbocycles. The fraction of sp³-hybridized carbons (Fsp3) is 0. The van der Waals surface area contributed by atoms with Crippen LogP contribution in [0.15, 0.2) is 130 Å². The Morgan fingerprint density at radius 3 is 2.12 bits per heavy atom. The van der Waals surface area contributed by atoms with Crippen molar-refractivity contribution < 1.29 is 8.83 Å². The first kappa shape index (κ1) is 22.9. The number of nitrogens with zero attached hydrogens (tertiary/aromatic N) is 4. The lowest BCUT2D eigenvalue weighted by atomic mass is 10.0. The lowest BCUT2D eigenvalue weighted by Gasteiger charge is -2.09. The second kappa shape index (κ2) is 8.81. The molecule has 0 atom stereocenters. The summed E-state index contributed by atoms with van der Waals surface area (Å²) in [6.45, 7) is 0. The molecule has 4 aromatic heterocycles. The maximum Gasteiger partial charge on any atom is 0.164 e. The molecule has 0 saturated carbocycles. The Balaban J connectivity index is 1.30. The number of pyridine rings is 1. The molecule has 0 aliphatic rings. The summed E-state index contributed by atoms with van der Waals surface area (Å²) in [6, 6.07) is 36.4. The maximum atomic E-state index is 6.32. The topological polar surface area (TPSA) is 77.8 Å². The molecule has 0 amide bonds. The molecule has 0 spiro atoms. The molecule has 0 fully saturated rings. The highest BCUT2D eigenvalue weighted by Crippen LogP contribution is 2.38. The van der Waals surface area contributed by atoms with E-state index in [2.05, 4.69) is 23.2 Å². The second-order valence-corrected chi connectivity index (χ2v) is 10.3. The molecule has 0 bridgehead atoms. The van der Waals surface area contributed by atoms with Crippen molar-refractivity contribution in [2.75, 3.05) is 0 Å². The van der Waals surface area contributed by atoms with Gasteiger partial charge < -0.3 is 8.83 Å². The van der Waals surface area contributed by atoms with Gasteiger partial charge in [-0.05, 0) is 47.9 Å². The van der Waals surface area contributed by atoms with E-state index in [1.54, 1.807) is 6.20 Å². The van der Waals surface area contributed by atoms with Gasteiger partial charge in [-0.2, -0.15) is 0 Å². The zero-order chi connectivity index (χ0) is 27.6. The minimum absolute atomic E-state index is 0.572. The summed E-state index contributed by atoms with van der Waals surface area (Å²) in [7, 11) is 0. The van der Waals surface area contributed by atoms with Crippen molar-refractivity contribution in [2.24, 2.45) is 0 Å². The molecule has 4 heterocycles. The van der Waals surface area contributed by atoms with E-state index in [1.165, 1.54) is 0 Å². The van der Waals surface area contributed by atoms with Crippen molar-refractivity contribution in [1.82, 2.24) is 19.9 Å². The molecule has 6 nitrogen and oxygen atoms in total. The van der Waals surface area contributed by atoms with Crippen LogP contribution < -0.4 is 0 Å². The minimum atomic E-state index is 0.572. The Bertz CT molecular complexity index is 2480. The van der Waals surface area contributed by atoms with E-state index in [-0.39, 0.29) is 0 Å². The Labute approximate surface area is 238 Å². The number of para-hydroxylation sites is 1. The van der Waals surface area contributed by atoms with Gasteiger partial charge in [0.15, 0.2) is 17.5 Å². The largest absolute Gasteiger partial charge is 0.456 e. The molecule has 0 saturated heterocycles. The number of rotatable bonds is 3. The van der Waals surface area contributed by atoms with Gasteiger partial charge >= 0.3 is 0 Å². The molecular formula is C36H20N4O2. The number of fused-ring (bicyclic) bond motifs is 7. The molecule has 9 rings (SSSR count). The normalized spacial score (nSPS) is 11.8. The van der Waals surface area contributed by atoms with E-state index >= 15 is 0 Å². The van der Waals surface area contributed by atoms with Crippen LogP contribution in [0.4, 0.5) is 0 Å². The average molecular weight is 541 g/mol. The average Bonchev–Trinajstić information content (AvgIpc) is 3.61. The fourth-order valence-corrected chi connectivity index (χ4v) is 5.80. The minimum Gasteiger partial charge on any atom is -0.456 e. The number of hydrogen-bond acceptors (Lipinski definition) is 6. The molecule has 0 unspecified atom stereocenters. The summed E-state index contributed by atoms with van der Waals surface area (Å²) in [5, 5.41) is 6.24. The highest BCUT2D eigenvalue weighted by Gasteiger charge is 2.19. The second-order valence-electron chi connectivity index (χ2n) is 10.3. The van der Waals surface area contributed by atoms with Gasteiger partial charge in [0, 0.05) is 56.0 Å². The number of hydrogen-bond donors (Lipinski definition) is 0. The third kappa shape index (κ3) is 3.52. The quantitative estimate of drug-likeness (QED) is 0.222. The molecule has 42 heavy (non-hydrogen) atoms. The molecule has 0 N–H and O–H groups in total. The molecule has 5 aromatic carbocycles. The van der Waals surface area contributed by atoms with E-state index in [4.69, 9.17) is 23.8 Å². The van der Waals surface area contributed by atoms with Crippen molar-refractivity contribution in [3.8, 4) is 34.2 Å². The summed E-state index contributed by atoms with van der Waals surface area (Å²) in [5.41, 5.74) is 5.86. The lowest BCUT2D eigenvalue weighted by molar-refractivity contribution is 0.669. The zero-order valence-electron chi connectivity index (χ0n) is 22.2. The first-order valence-corrected chi connectivity index (χ1v) is 13.7. The number of benzene rings is 5. The van der Waals surface area contributed by atoms with E-state index in [9.17, 15) is 0 Å². The molecular weight excluding hydrogens is 520 g/mol. The van der Waals surface area contributed by atoms with Crippen LogP contribution in [0, 0.1) is 0 Å². The third-order valence-electron chi connectivity index (χ3n) is 7.80. The van der Waals surface area contributed by atoms with Gasteiger partial charge in [-0.1, -0.05) is 66.7 Å². The van der Waals surface area contributed by atoms with Crippen LogP contribution in [0.25, 0.3) is 88.8 Å². The Morgan fingerprint density at radius 1 is 0.452 bits per heavy atom. The standard InChI is InChI=1S/C36H20N4O2/c1-2-7-21(8-3-1)34-38-35(23-13-14-26-25-9-4-5-11-29(25)41-31(26)18-23)40-36(39-34)27-10-6-12-30-33(27)28-17-22-15-16-37-20-24(22)19-32(28)42-30/h1-20H. The maximum absolute atomic E-state index is 6.32. The lowest BCUT2D eigenvalue weighted by Crippen LogP contribution is -2.00. The van der Waals surface area contributed by atoms with E-state index in [0.717, 1.165) is 71.3 Å². The summed E-state index contributed by atoms with van der Waals surface area (Å²) < 4.78 is 12.5. The first-order valence-electron chi connectivity index (χ1n) is 13.7. The first-order chi connectivity index (χ1) is 20.8. The van der Waals surface area contributed by atoms with Crippen LogP contribution >= 0.6 is 0 Å². The van der Waals surface area contributed by atoms with Gasteiger partial charge in [0.25, 0.3) is 0 Å². The SMILES string of the molecule is c1ccc(-c2nc(-c3ccc4c(c3)oc3ccccc34)nc(-c3cccc4oc5cc6cnccc6cc5c34)n2)cc1. The van der Waals surface area contributed by atoms with Gasteiger partial charge in [-0.25, -0.2) is 15.0 Å². The van der Waals surface area contributed by atoms with Crippen LogP contribution in [0.5, 0.6) is 0 Å². The van der Waals surface area contributed by atoms with E-state index < -0.39 is 0 Å². The van der Waals surface area contributed by atoms with Crippen molar-refractivity contribution in [1.29, 1.82) is 0 Å². The van der Waals surface area contributed by atoms with Crippen LogP contribution in [0.2, 0.25) is 0 Å². The summed E-state index contributed by atoms with van der Waals surface area (Å²) in [5.74, 6) is 1.75. The van der Waals surface area contributed by atoms with E-state index in [1.807, 2.05) is 97.2 Å². The van der Waals surface area contributed by atoms with Gasteiger partial charge in [0.2, 0.25) is 0 Å². The van der Waals surface area contributed by atoms with Gasteiger partial charge in [0.1, 0.15) is 22.3 Å².